The van der Waals surface area contributed by atoms with Crippen LogP contribution < -0.4 is 0 Å². The van der Waals surface area contributed by atoms with Crippen LogP contribution in [0.2, 0.25) is 0 Å². The number of rotatable bonds is 5. The molecule has 1 aromatic carbocycles. The molecule has 1 N–H and O–H groups in total. The molecule has 1 fully saturated rings. The lowest BCUT2D eigenvalue weighted by Crippen LogP contribution is -2.47. The minimum atomic E-state index is 0.657. The number of fused-ring (bicyclic) bond motifs is 1. The van der Waals surface area contributed by atoms with E-state index in [0.29, 0.717) is 12.0 Å². The summed E-state index contributed by atoms with van der Waals surface area (Å²) in [7, 11) is 0. The van der Waals surface area contributed by atoms with Gasteiger partial charge in [-0.05, 0) is 43.2 Å². The van der Waals surface area contributed by atoms with E-state index in [-0.39, 0.29) is 0 Å². The van der Waals surface area contributed by atoms with Crippen molar-refractivity contribution in [2.24, 2.45) is 11.8 Å². The Hall–Kier alpha value is -1.54. The summed E-state index contributed by atoms with van der Waals surface area (Å²) in [6.45, 7) is 11.1. The number of para-hydroxylation sites is 1. The van der Waals surface area contributed by atoms with Gasteiger partial charge in [0.05, 0.1) is 0 Å². The van der Waals surface area contributed by atoms with Crippen LogP contribution in [0.4, 0.5) is 0 Å². The number of nitrogens with one attached hydrogen (secondary N) is 1. The van der Waals surface area contributed by atoms with Gasteiger partial charge < -0.3 is 4.98 Å². The smallest absolute Gasteiger partial charge is 0.0456 e. The van der Waals surface area contributed by atoms with Crippen molar-refractivity contribution in [3.63, 3.8) is 0 Å². The quantitative estimate of drug-likeness (QED) is 0.797. The van der Waals surface area contributed by atoms with Crippen LogP contribution in [0.3, 0.4) is 0 Å². The van der Waals surface area contributed by atoms with Gasteiger partial charge >= 0.3 is 0 Å². The van der Waals surface area contributed by atoms with Crippen molar-refractivity contribution in [3.05, 3.63) is 48.7 Å². The summed E-state index contributed by atoms with van der Waals surface area (Å²) in [5, 5.41) is 1.37. The van der Waals surface area contributed by atoms with Crippen LogP contribution in [-0.2, 0) is 6.42 Å². The average Bonchev–Trinajstić information content (AvgIpc) is 2.97. The molecular formula is C20H28N2. The summed E-state index contributed by atoms with van der Waals surface area (Å²) in [6, 6.07) is 9.29. The topological polar surface area (TPSA) is 19.0 Å². The van der Waals surface area contributed by atoms with E-state index < -0.39 is 0 Å². The van der Waals surface area contributed by atoms with E-state index in [1.807, 2.05) is 0 Å². The van der Waals surface area contributed by atoms with Crippen LogP contribution in [0.25, 0.3) is 10.9 Å². The van der Waals surface area contributed by atoms with Crippen LogP contribution in [0.1, 0.15) is 32.3 Å². The van der Waals surface area contributed by atoms with Gasteiger partial charge in [0.15, 0.2) is 0 Å². The molecule has 2 heteroatoms. The molecule has 3 unspecified atom stereocenters. The molecule has 2 heterocycles. The van der Waals surface area contributed by atoms with E-state index in [1.165, 1.54) is 35.9 Å². The summed E-state index contributed by atoms with van der Waals surface area (Å²) in [6.07, 6.45) is 8.04. The molecular weight excluding hydrogens is 268 g/mol. The van der Waals surface area contributed by atoms with Gasteiger partial charge in [0.1, 0.15) is 0 Å². The molecule has 0 amide bonds. The average molecular weight is 296 g/mol. The minimum Gasteiger partial charge on any atom is -0.361 e. The summed E-state index contributed by atoms with van der Waals surface area (Å²) in [5.74, 6) is 1.46. The summed E-state index contributed by atoms with van der Waals surface area (Å²) < 4.78 is 0. The Labute approximate surface area is 134 Å². The Morgan fingerprint density at radius 2 is 2.18 bits per heavy atom. The van der Waals surface area contributed by atoms with Crippen molar-refractivity contribution in [1.82, 2.24) is 9.88 Å². The second kappa shape index (κ2) is 6.70. The third-order valence-corrected chi connectivity index (χ3v) is 5.53. The molecule has 0 saturated carbocycles. The maximum Gasteiger partial charge on any atom is 0.0456 e. The third-order valence-electron chi connectivity index (χ3n) is 5.53. The summed E-state index contributed by atoms with van der Waals surface area (Å²) in [5.41, 5.74) is 2.69. The van der Waals surface area contributed by atoms with Gasteiger partial charge in [-0.1, -0.05) is 37.6 Å². The highest BCUT2D eigenvalue weighted by Crippen LogP contribution is 2.30. The number of nitrogens with zero attached hydrogens (tertiary/aromatic N) is 1. The van der Waals surface area contributed by atoms with Crippen molar-refractivity contribution in [1.29, 1.82) is 0 Å². The van der Waals surface area contributed by atoms with Crippen LogP contribution in [-0.4, -0.2) is 29.0 Å². The lowest BCUT2D eigenvalue weighted by Gasteiger charge is -2.42. The largest absolute Gasteiger partial charge is 0.361 e. The van der Waals surface area contributed by atoms with Crippen molar-refractivity contribution in [2.75, 3.05) is 13.1 Å². The van der Waals surface area contributed by atoms with Gasteiger partial charge in [-0.15, -0.1) is 6.58 Å². The Morgan fingerprint density at radius 3 is 2.95 bits per heavy atom. The van der Waals surface area contributed by atoms with E-state index in [2.05, 4.69) is 66.8 Å². The highest BCUT2D eigenvalue weighted by Gasteiger charge is 2.30. The first-order chi connectivity index (χ1) is 10.7. The van der Waals surface area contributed by atoms with E-state index in [4.69, 9.17) is 0 Å². The molecule has 0 spiro atoms. The number of hydrogen-bond donors (Lipinski definition) is 1. The van der Waals surface area contributed by atoms with E-state index in [0.717, 1.165) is 18.9 Å². The van der Waals surface area contributed by atoms with Crippen LogP contribution in [0, 0.1) is 11.8 Å². The molecule has 1 saturated heterocycles. The number of likely N-dealkylation sites (tertiary alicyclic amines) is 1. The van der Waals surface area contributed by atoms with Crippen LogP contribution >= 0.6 is 0 Å². The molecule has 118 valence electrons. The Bertz CT molecular complexity index is 627. The van der Waals surface area contributed by atoms with Crippen LogP contribution in [0.15, 0.2) is 43.1 Å². The fraction of sp³-hybridized carbons (Fsp3) is 0.500. The van der Waals surface area contributed by atoms with Crippen molar-refractivity contribution < 1.29 is 0 Å². The second-order valence-electron chi connectivity index (χ2n) is 6.74. The summed E-state index contributed by atoms with van der Waals surface area (Å²) in [4.78, 5) is 6.06. The van der Waals surface area contributed by atoms with Gasteiger partial charge in [-0.3, -0.25) is 4.90 Å². The monoisotopic (exact) mass is 296 g/mol. The van der Waals surface area contributed by atoms with Crippen molar-refractivity contribution in [3.8, 4) is 0 Å². The predicted molar refractivity (Wildman–Crippen MR) is 95.1 cm³/mol. The van der Waals surface area contributed by atoms with Crippen molar-refractivity contribution >= 4 is 10.9 Å². The number of hydrogen-bond acceptors (Lipinski definition) is 1. The normalized spacial score (nSPS) is 26.4. The maximum atomic E-state index is 4.03. The van der Waals surface area contributed by atoms with Crippen LogP contribution in [0.5, 0.6) is 0 Å². The standard InChI is InChI=1S/C20H28N2/c1-4-16-12-17(5-2)15(3)22(14-16)11-10-18-13-21-20-9-7-6-8-19(18)20/h4,6-9,13,15-17,21H,1,5,10-12,14H2,2-3H3. The molecule has 2 aromatic rings. The summed E-state index contributed by atoms with van der Waals surface area (Å²) >= 11 is 0. The first-order valence-corrected chi connectivity index (χ1v) is 8.64. The third kappa shape index (κ3) is 2.98. The fourth-order valence-electron chi connectivity index (χ4n) is 4.00. The number of aromatic nitrogens is 1. The molecule has 1 aromatic heterocycles. The SMILES string of the molecule is C=CC1CC(CC)C(C)N(CCc2c[nH]c3ccccc23)C1. The Morgan fingerprint density at radius 1 is 1.36 bits per heavy atom. The lowest BCUT2D eigenvalue weighted by atomic mass is 9.82. The highest BCUT2D eigenvalue weighted by molar-refractivity contribution is 5.83. The van der Waals surface area contributed by atoms with Gasteiger partial charge in [0.25, 0.3) is 0 Å². The minimum absolute atomic E-state index is 0.657. The van der Waals surface area contributed by atoms with Gasteiger partial charge in [0.2, 0.25) is 0 Å². The second-order valence-corrected chi connectivity index (χ2v) is 6.74. The zero-order valence-electron chi connectivity index (χ0n) is 13.9. The predicted octanol–water partition coefficient (Wildman–Crippen LogP) is 4.63. The molecule has 22 heavy (non-hydrogen) atoms. The van der Waals surface area contributed by atoms with E-state index in [1.54, 1.807) is 0 Å². The van der Waals surface area contributed by atoms with E-state index in [9.17, 15) is 0 Å². The molecule has 1 aliphatic heterocycles. The number of aromatic amines is 1. The van der Waals surface area contributed by atoms with Gasteiger partial charge in [-0.2, -0.15) is 0 Å². The Balaban J connectivity index is 1.70. The molecule has 3 atom stereocenters. The molecule has 0 radical (unpaired) electrons. The molecule has 0 bridgehead atoms. The van der Waals surface area contributed by atoms with E-state index >= 15 is 0 Å². The number of benzene rings is 1. The lowest BCUT2D eigenvalue weighted by molar-refractivity contribution is 0.0797. The molecule has 2 nitrogen and oxygen atoms in total. The number of H-pyrrole nitrogens is 1. The van der Waals surface area contributed by atoms with Gasteiger partial charge in [-0.25, -0.2) is 0 Å². The maximum absolute atomic E-state index is 4.03. The molecule has 1 aliphatic rings. The Kier molecular flexibility index (Phi) is 4.68. The highest BCUT2D eigenvalue weighted by atomic mass is 15.2. The fourth-order valence-corrected chi connectivity index (χ4v) is 4.00. The zero-order valence-corrected chi connectivity index (χ0v) is 13.9. The number of piperidine rings is 1. The van der Waals surface area contributed by atoms with Gasteiger partial charge in [0, 0.05) is 36.2 Å². The molecule has 3 rings (SSSR count). The first kappa shape index (κ1) is 15.4. The zero-order chi connectivity index (χ0) is 15.5. The molecule has 0 aliphatic carbocycles. The van der Waals surface area contributed by atoms with Crippen molar-refractivity contribution in [2.45, 2.75) is 39.2 Å². The first-order valence-electron chi connectivity index (χ1n) is 8.64.